The molecule has 2 atom stereocenters. The standard InChI is InChI=1S/C15H17NO4/c1-8-4-10-7-16(3-2-9(10)5-13(8)17)14(18)11-6-12(11)15(19)20/h4-5,11-12,17H,2-3,6-7H2,1H3,(H,19,20)/t11-,12-/m1/s1. The van der Waals surface area contributed by atoms with Crippen molar-refractivity contribution >= 4 is 11.9 Å². The number of carboxylic acids is 1. The molecule has 2 N–H and O–H groups in total. The minimum Gasteiger partial charge on any atom is -0.508 e. The molecule has 0 aromatic heterocycles. The van der Waals surface area contributed by atoms with E-state index in [9.17, 15) is 14.7 Å². The first-order valence-electron chi connectivity index (χ1n) is 6.80. The van der Waals surface area contributed by atoms with Gasteiger partial charge >= 0.3 is 5.97 Å². The van der Waals surface area contributed by atoms with Crippen LogP contribution in [0.4, 0.5) is 0 Å². The van der Waals surface area contributed by atoms with E-state index < -0.39 is 11.9 Å². The number of carbonyl (C=O) groups excluding carboxylic acids is 1. The van der Waals surface area contributed by atoms with Crippen LogP contribution in [0, 0.1) is 18.8 Å². The molecule has 106 valence electrons. The Hall–Kier alpha value is -2.04. The van der Waals surface area contributed by atoms with Gasteiger partial charge in [-0.1, -0.05) is 6.07 Å². The van der Waals surface area contributed by atoms with Gasteiger partial charge in [0.1, 0.15) is 5.75 Å². The summed E-state index contributed by atoms with van der Waals surface area (Å²) in [5, 5.41) is 18.6. The fourth-order valence-corrected chi connectivity index (χ4v) is 2.88. The molecule has 1 fully saturated rings. The highest BCUT2D eigenvalue weighted by Gasteiger charge is 2.50. The van der Waals surface area contributed by atoms with Crippen LogP contribution in [0.3, 0.4) is 0 Å². The van der Waals surface area contributed by atoms with Gasteiger partial charge in [0.25, 0.3) is 0 Å². The molecule has 0 unspecified atom stereocenters. The lowest BCUT2D eigenvalue weighted by Crippen LogP contribution is -2.37. The summed E-state index contributed by atoms with van der Waals surface area (Å²) in [6, 6.07) is 3.68. The van der Waals surface area contributed by atoms with E-state index in [1.807, 2.05) is 13.0 Å². The first-order valence-corrected chi connectivity index (χ1v) is 6.80. The number of nitrogens with zero attached hydrogens (tertiary/aromatic N) is 1. The van der Waals surface area contributed by atoms with E-state index in [-0.39, 0.29) is 17.6 Å². The van der Waals surface area contributed by atoms with Crippen LogP contribution in [0.25, 0.3) is 0 Å². The number of amides is 1. The maximum atomic E-state index is 12.3. The Morgan fingerprint density at radius 1 is 1.25 bits per heavy atom. The van der Waals surface area contributed by atoms with Crippen LogP contribution in [0.5, 0.6) is 5.75 Å². The summed E-state index contributed by atoms with van der Waals surface area (Å²) in [6.07, 6.45) is 1.17. The Balaban J connectivity index is 1.74. The van der Waals surface area contributed by atoms with Gasteiger partial charge in [0, 0.05) is 13.1 Å². The highest BCUT2D eigenvalue weighted by molar-refractivity contribution is 5.89. The van der Waals surface area contributed by atoms with E-state index in [1.54, 1.807) is 11.0 Å². The van der Waals surface area contributed by atoms with Crippen molar-refractivity contribution < 1.29 is 19.8 Å². The first-order chi connectivity index (χ1) is 9.47. The Kier molecular flexibility index (Phi) is 2.92. The fourth-order valence-electron chi connectivity index (χ4n) is 2.88. The number of aliphatic carboxylic acids is 1. The molecule has 5 heteroatoms. The number of phenols is 1. The molecule has 2 aliphatic rings. The molecule has 0 spiro atoms. The third-order valence-corrected chi connectivity index (χ3v) is 4.27. The van der Waals surface area contributed by atoms with Gasteiger partial charge < -0.3 is 15.1 Å². The van der Waals surface area contributed by atoms with Crippen LogP contribution in [-0.4, -0.2) is 33.5 Å². The zero-order chi connectivity index (χ0) is 14.4. The average Bonchev–Trinajstić information content (AvgIpc) is 3.19. The van der Waals surface area contributed by atoms with Gasteiger partial charge in [0.2, 0.25) is 5.91 Å². The summed E-state index contributed by atoms with van der Waals surface area (Å²) >= 11 is 0. The van der Waals surface area contributed by atoms with Crippen LogP contribution < -0.4 is 0 Å². The smallest absolute Gasteiger partial charge is 0.307 e. The predicted molar refractivity (Wildman–Crippen MR) is 71.2 cm³/mol. The number of phenolic OH excluding ortho intramolecular Hbond substituents is 1. The molecule has 5 nitrogen and oxygen atoms in total. The fraction of sp³-hybridized carbons (Fsp3) is 0.467. The largest absolute Gasteiger partial charge is 0.508 e. The molecular formula is C15H17NO4. The van der Waals surface area contributed by atoms with Crippen molar-refractivity contribution in [1.82, 2.24) is 4.90 Å². The number of aryl methyl sites for hydroxylation is 1. The quantitative estimate of drug-likeness (QED) is 0.853. The monoisotopic (exact) mass is 275 g/mol. The van der Waals surface area contributed by atoms with E-state index in [0.717, 1.165) is 16.7 Å². The van der Waals surface area contributed by atoms with Crippen LogP contribution in [0.15, 0.2) is 12.1 Å². The molecule has 1 heterocycles. The van der Waals surface area contributed by atoms with Crippen molar-refractivity contribution in [1.29, 1.82) is 0 Å². The molecule has 20 heavy (non-hydrogen) atoms. The second-order valence-electron chi connectivity index (χ2n) is 5.70. The second-order valence-corrected chi connectivity index (χ2v) is 5.70. The van der Waals surface area contributed by atoms with Gasteiger partial charge in [0.15, 0.2) is 0 Å². The van der Waals surface area contributed by atoms with E-state index in [0.29, 0.717) is 25.9 Å². The number of hydrogen-bond donors (Lipinski definition) is 2. The Bertz CT molecular complexity index is 596. The summed E-state index contributed by atoms with van der Waals surface area (Å²) in [6.45, 7) is 2.94. The lowest BCUT2D eigenvalue weighted by molar-refractivity contribution is -0.142. The summed E-state index contributed by atoms with van der Waals surface area (Å²) < 4.78 is 0. The zero-order valence-corrected chi connectivity index (χ0v) is 11.3. The highest BCUT2D eigenvalue weighted by Crippen LogP contribution is 2.41. The topological polar surface area (TPSA) is 77.8 Å². The normalized spacial score (nSPS) is 24.1. The zero-order valence-electron chi connectivity index (χ0n) is 11.3. The Morgan fingerprint density at radius 2 is 2.00 bits per heavy atom. The Morgan fingerprint density at radius 3 is 2.65 bits per heavy atom. The summed E-state index contributed by atoms with van der Waals surface area (Å²) in [4.78, 5) is 24.8. The number of fused-ring (bicyclic) bond motifs is 1. The van der Waals surface area contributed by atoms with Crippen LogP contribution in [-0.2, 0) is 22.6 Å². The third-order valence-electron chi connectivity index (χ3n) is 4.27. The van der Waals surface area contributed by atoms with Crippen LogP contribution >= 0.6 is 0 Å². The molecule has 1 aromatic carbocycles. The molecule has 1 saturated carbocycles. The first kappa shape index (κ1) is 13.0. The number of benzene rings is 1. The molecule has 1 aromatic rings. The van der Waals surface area contributed by atoms with Gasteiger partial charge in [0.05, 0.1) is 11.8 Å². The molecule has 0 radical (unpaired) electrons. The molecule has 1 aliphatic carbocycles. The predicted octanol–water partition coefficient (Wildman–Crippen LogP) is 1.31. The van der Waals surface area contributed by atoms with E-state index in [4.69, 9.17) is 5.11 Å². The highest BCUT2D eigenvalue weighted by atomic mass is 16.4. The van der Waals surface area contributed by atoms with Crippen molar-refractivity contribution in [2.24, 2.45) is 11.8 Å². The minimum atomic E-state index is -0.874. The van der Waals surface area contributed by atoms with Crippen molar-refractivity contribution in [3.8, 4) is 5.75 Å². The molecule has 1 aliphatic heterocycles. The SMILES string of the molecule is Cc1cc2c(cc1O)CCN(C(=O)[C@@H]1C[C@H]1C(=O)O)C2. The van der Waals surface area contributed by atoms with E-state index >= 15 is 0 Å². The van der Waals surface area contributed by atoms with Gasteiger partial charge in [-0.15, -0.1) is 0 Å². The number of rotatable bonds is 2. The molecule has 0 saturated heterocycles. The summed E-state index contributed by atoms with van der Waals surface area (Å²) in [5.41, 5.74) is 2.92. The van der Waals surface area contributed by atoms with Gasteiger partial charge in [-0.25, -0.2) is 0 Å². The summed E-state index contributed by atoms with van der Waals surface area (Å²) in [5.74, 6) is -1.47. The van der Waals surface area contributed by atoms with Crippen molar-refractivity contribution in [3.05, 3.63) is 28.8 Å². The number of aromatic hydroxyl groups is 1. The molecular weight excluding hydrogens is 258 g/mol. The van der Waals surface area contributed by atoms with Gasteiger partial charge in [-0.3, -0.25) is 9.59 Å². The third kappa shape index (κ3) is 2.13. The minimum absolute atomic E-state index is 0.0474. The van der Waals surface area contributed by atoms with Gasteiger partial charge in [-0.2, -0.15) is 0 Å². The lowest BCUT2D eigenvalue weighted by Gasteiger charge is -2.29. The number of carboxylic acid groups (broad SMARTS) is 1. The van der Waals surface area contributed by atoms with Crippen molar-refractivity contribution in [2.45, 2.75) is 26.3 Å². The summed E-state index contributed by atoms with van der Waals surface area (Å²) in [7, 11) is 0. The number of carbonyl (C=O) groups is 2. The average molecular weight is 275 g/mol. The van der Waals surface area contributed by atoms with E-state index in [2.05, 4.69) is 0 Å². The molecule has 0 bridgehead atoms. The lowest BCUT2D eigenvalue weighted by atomic mass is 9.96. The second kappa shape index (κ2) is 4.51. The van der Waals surface area contributed by atoms with Crippen LogP contribution in [0.1, 0.15) is 23.1 Å². The van der Waals surface area contributed by atoms with E-state index in [1.165, 1.54) is 0 Å². The maximum Gasteiger partial charge on any atom is 0.307 e. The van der Waals surface area contributed by atoms with Gasteiger partial charge in [-0.05, 0) is 42.5 Å². The van der Waals surface area contributed by atoms with Crippen molar-refractivity contribution in [3.63, 3.8) is 0 Å². The Labute approximate surface area is 116 Å². The number of hydrogen-bond acceptors (Lipinski definition) is 3. The maximum absolute atomic E-state index is 12.3. The van der Waals surface area contributed by atoms with Crippen molar-refractivity contribution in [2.75, 3.05) is 6.54 Å². The molecule has 1 amide bonds. The molecule has 3 rings (SSSR count). The van der Waals surface area contributed by atoms with Crippen LogP contribution in [0.2, 0.25) is 0 Å².